The lowest BCUT2D eigenvalue weighted by Crippen LogP contribution is -2.67. The molecule has 45 heavy (non-hydrogen) atoms. The number of hydrogen-bond acceptors (Lipinski definition) is 4. The molecule has 3 aromatic carbocycles. The van der Waals surface area contributed by atoms with Crippen molar-refractivity contribution >= 4 is 40.4 Å². The summed E-state index contributed by atoms with van der Waals surface area (Å²) < 4.78 is 117. The lowest BCUT2D eigenvalue weighted by Gasteiger charge is -2.45. The van der Waals surface area contributed by atoms with E-state index in [2.05, 4.69) is 25.0 Å². The summed E-state index contributed by atoms with van der Waals surface area (Å²) >= 11 is 5.83. The fraction of sp³-hybridized carbons (Fsp3) is 0.375. The van der Waals surface area contributed by atoms with Gasteiger partial charge in [0.1, 0.15) is 5.76 Å². The summed E-state index contributed by atoms with van der Waals surface area (Å²) in [7, 11) is -9.15. The van der Waals surface area contributed by atoms with Crippen LogP contribution in [0.5, 0.6) is 0 Å². The van der Waals surface area contributed by atoms with Gasteiger partial charge in [0.15, 0.2) is 0 Å². The monoisotopic (exact) mass is 690 g/mol. The number of rotatable bonds is 8. The molecule has 1 aliphatic rings. The molecule has 0 radical (unpaired) electrons. The molecule has 0 aromatic heterocycles. The SMILES string of the molecule is CC1(c2ccc(Cl)c(C(F)(F)F)c2)CC(CO[Si](c2ccccc2)(c2ccccc2)C(C)(C)C)CC=C1OS(=O)(=O)C(F)(F)F. The van der Waals surface area contributed by atoms with Crippen LogP contribution in [0.25, 0.3) is 0 Å². The van der Waals surface area contributed by atoms with Gasteiger partial charge < -0.3 is 8.61 Å². The maximum atomic E-state index is 13.8. The Hall–Kier alpha value is -2.80. The molecular weight excluding hydrogens is 658 g/mol. The minimum atomic E-state index is -6.11. The summed E-state index contributed by atoms with van der Waals surface area (Å²) in [4.78, 5) is 0. The standard InChI is InChI=1S/C32H33ClF6O4SSi/c1-29(2,3)45(24-11-7-5-8-12-24,25-13-9-6-10-14-25)42-21-22-15-18-28(43-44(40,41)32(37,38)39)30(4,20-22)23-16-17-27(33)26(19-23)31(34,35)36/h5-14,16-19,22H,15,20-21H2,1-4H3. The minimum absolute atomic E-state index is 0.0657. The van der Waals surface area contributed by atoms with Gasteiger partial charge in [0.05, 0.1) is 16.0 Å². The molecule has 0 fully saturated rings. The number of hydrogen-bond donors (Lipinski definition) is 0. The van der Waals surface area contributed by atoms with Crippen molar-refractivity contribution in [2.45, 2.75) is 62.7 Å². The van der Waals surface area contributed by atoms with Crippen molar-refractivity contribution in [3.8, 4) is 0 Å². The van der Waals surface area contributed by atoms with Crippen molar-refractivity contribution in [1.29, 1.82) is 0 Å². The van der Waals surface area contributed by atoms with Gasteiger partial charge in [0, 0.05) is 6.61 Å². The van der Waals surface area contributed by atoms with E-state index in [-0.39, 0.29) is 25.0 Å². The van der Waals surface area contributed by atoms with Crippen LogP contribution < -0.4 is 10.4 Å². The Morgan fingerprint density at radius 1 is 0.889 bits per heavy atom. The van der Waals surface area contributed by atoms with E-state index in [9.17, 15) is 34.8 Å². The van der Waals surface area contributed by atoms with E-state index in [1.165, 1.54) is 19.1 Å². The molecule has 1 aliphatic carbocycles. The van der Waals surface area contributed by atoms with Crippen LogP contribution in [0.3, 0.4) is 0 Å². The Morgan fingerprint density at radius 3 is 1.89 bits per heavy atom. The summed E-state index contributed by atoms with van der Waals surface area (Å²) in [5.41, 5.74) is -8.75. The van der Waals surface area contributed by atoms with Gasteiger partial charge in [-0.1, -0.05) is 99.1 Å². The average molecular weight is 691 g/mol. The molecule has 0 spiro atoms. The summed E-state index contributed by atoms with van der Waals surface area (Å²) in [6.45, 7) is 7.68. The van der Waals surface area contributed by atoms with Crippen molar-refractivity contribution in [2.75, 3.05) is 6.61 Å². The third kappa shape index (κ3) is 6.98. The minimum Gasteiger partial charge on any atom is -0.407 e. The van der Waals surface area contributed by atoms with Gasteiger partial charge in [0.2, 0.25) is 0 Å². The van der Waals surface area contributed by atoms with Gasteiger partial charge in [-0.05, 0) is 64.9 Å². The average Bonchev–Trinajstić information content (AvgIpc) is 2.94. The lowest BCUT2D eigenvalue weighted by molar-refractivity contribution is -0.137. The van der Waals surface area contributed by atoms with Crippen LogP contribution in [0.15, 0.2) is 90.7 Å². The molecule has 0 saturated carbocycles. The Labute approximate surface area is 265 Å². The molecule has 0 aliphatic heterocycles. The van der Waals surface area contributed by atoms with Crippen LogP contribution in [-0.4, -0.2) is 28.9 Å². The Bertz CT molecular complexity index is 1600. The van der Waals surface area contributed by atoms with Gasteiger partial charge in [-0.15, -0.1) is 0 Å². The largest absolute Gasteiger partial charge is 0.534 e. The van der Waals surface area contributed by atoms with Crippen molar-refractivity contribution in [1.82, 2.24) is 0 Å². The molecule has 0 heterocycles. The second kappa shape index (κ2) is 12.4. The molecular formula is C32H33ClF6O4SSi. The summed E-state index contributed by atoms with van der Waals surface area (Å²) in [6.07, 6.45) is -3.67. The number of allylic oxidation sites excluding steroid dienone is 2. The van der Waals surface area contributed by atoms with Crippen molar-refractivity contribution < 1.29 is 43.4 Å². The van der Waals surface area contributed by atoms with Crippen LogP contribution in [0.4, 0.5) is 26.3 Å². The van der Waals surface area contributed by atoms with Crippen LogP contribution in [0, 0.1) is 5.92 Å². The fourth-order valence-corrected chi connectivity index (χ4v) is 11.5. The van der Waals surface area contributed by atoms with Gasteiger partial charge in [0.25, 0.3) is 8.32 Å². The number of alkyl halides is 6. The first kappa shape index (κ1) is 35.1. The molecule has 3 aromatic rings. The zero-order valence-electron chi connectivity index (χ0n) is 25.0. The van der Waals surface area contributed by atoms with Gasteiger partial charge >= 0.3 is 21.8 Å². The van der Waals surface area contributed by atoms with Crippen LogP contribution in [0.1, 0.15) is 51.7 Å². The van der Waals surface area contributed by atoms with Crippen molar-refractivity contribution in [3.63, 3.8) is 0 Å². The first-order valence-corrected chi connectivity index (χ1v) is 17.8. The highest BCUT2D eigenvalue weighted by molar-refractivity contribution is 7.87. The summed E-state index contributed by atoms with van der Waals surface area (Å²) in [5.74, 6) is -1.04. The Balaban J connectivity index is 1.80. The number of benzene rings is 3. The zero-order valence-corrected chi connectivity index (χ0v) is 27.5. The molecule has 4 nitrogen and oxygen atoms in total. The van der Waals surface area contributed by atoms with E-state index < -0.39 is 62.8 Å². The molecule has 4 rings (SSSR count). The first-order valence-electron chi connectivity index (χ1n) is 14.1. The highest BCUT2D eigenvalue weighted by atomic mass is 35.5. The van der Waals surface area contributed by atoms with Gasteiger partial charge in [-0.2, -0.15) is 34.8 Å². The fourth-order valence-electron chi connectivity index (χ4n) is 6.03. The predicted octanol–water partition coefficient (Wildman–Crippen LogP) is 8.35. The van der Waals surface area contributed by atoms with Crippen molar-refractivity contribution in [2.24, 2.45) is 5.92 Å². The molecule has 13 heteroatoms. The van der Waals surface area contributed by atoms with E-state index in [1.54, 1.807) is 0 Å². The highest BCUT2D eigenvalue weighted by Crippen LogP contribution is 2.48. The Morgan fingerprint density at radius 2 is 1.42 bits per heavy atom. The summed E-state index contributed by atoms with van der Waals surface area (Å²) in [5, 5.41) is 0.985. The smallest absolute Gasteiger partial charge is 0.407 e. The third-order valence-corrected chi connectivity index (χ3v) is 14.5. The Kier molecular flexibility index (Phi) is 9.68. The second-order valence-corrected chi connectivity index (χ2v) is 18.6. The van der Waals surface area contributed by atoms with Gasteiger partial charge in [-0.25, -0.2) is 0 Å². The maximum absolute atomic E-state index is 13.8. The van der Waals surface area contributed by atoms with Crippen LogP contribution in [-0.2, 0) is 30.3 Å². The summed E-state index contributed by atoms with van der Waals surface area (Å²) in [6, 6.07) is 22.4. The normalized spacial score (nSPS) is 20.1. The second-order valence-electron chi connectivity index (χ2n) is 12.4. The lowest BCUT2D eigenvalue weighted by atomic mass is 9.69. The quantitative estimate of drug-likeness (QED) is 0.103. The molecule has 0 saturated heterocycles. The van der Waals surface area contributed by atoms with E-state index >= 15 is 0 Å². The van der Waals surface area contributed by atoms with Crippen LogP contribution in [0.2, 0.25) is 10.1 Å². The van der Waals surface area contributed by atoms with E-state index in [1.807, 2.05) is 60.7 Å². The van der Waals surface area contributed by atoms with E-state index in [0.29, 0.717) is 0 Å². The maximum Gasteiger partial charge on any atom is 0.534 e. The third-order valence-electron chi connectivity index (χ3n) is 8.22. The molecule has 0 N–H and O–H groups in total. The van der Waals surface area contributed by atoms with E-state index in [0.717, 1.165) is 22.5 Å². The molecule has 2 unspecified atom stereocenters. The molecule has 0 amide bonds. The number of halogens is 7. The van der Waals surface area contributed by atoms with Gasteiger partial charge in [-0.3, -0.25) is 0 Å². The topological polar surface area (TPSA) is 52.6 Å². The molecule has 0 bridgehead atoms. The predicted molar refractivity (Wildman–Crippen MR) is 164 cm³/mol. The molecule has 2 atom stereocenters. The zero-order chi connectivity index (χ0) is 33.5. The van der Waals surface area contributed by atoms with E-state index in [4.69, 9.17) is 16.0 Å². The molecule has 244 valence electrons. The van der Waals surface area contributed by atoms with Crippen molar-refractivity contribution in [3.05, 3.63) is 107 Å². The highest BCUT2D eigenvalue weighted by Gasteiger charge is 2.53. The van der Waals surface area contributed by atoms with Crippen LogP contribution >= 0.6 is 11.6 Å². The first-order chi connectivity index (χ1) is 20.7.